The van der Waals surface area contributed by atoms with E-state index in [2.05, 4.69) is 28.7 Å². The molecule has 19 heavy (non-hydrogen) atoms. The molecule has 0 amide bonds. The molecule has 2 N–H and O–H groups in total. The summed E-state index contributed by atoms with van der Waals surface area (Å²) in [5, 5.41) is 0. The lowest BCUT2D eigenvalue weighted by atomic mass is 10.2. The first kappa shape index (κ1) is 15.7. The van der Waals surface area contributed by atoms with E-state index in [9.17, 15) is 0 Å². The highest BCUT2D eigenvalue weighted by molar-refractivity contribution is 5.44. The number of aromatic nitrogens is 2. The SMILES string of the molecule is CCN(CC)CCOc1nc(C(C)C)nc(N)c1C. The van der Waals surface area contributed by atoms with Crippen LogP contribution in [-0.2, 0) is 0 Å². The molecule has 0 atom stereocenters. The van der Waals surface area contributed by atoms with E-state index in [0.717, 1.165) is 31.0 Å². The normalized spacial score (nSPS) is 11.3. The van der Waals surface area contributed by atoms with Crippen molar-refractivity contribution in [2.75, 3.05) is 32.0 Å². The zero-order valence-corrected chi connectivity index (χ0v) is 12.7. The van der Waals surface area contributed by atoms with E-state index >= 15 is 0 Å². The third-order valence-electron chi connectivity index (χ3n) is 3.21. The number of ether oxygens (including phenoxy) is 1. The zero-order valence-electron chi connectivity index (χ0n) is 12.7. The molecule has 0 aliphatic rings. The van der Waals surface area contributed by atoms with Gasteiger partial charge in [-0.3, -0.25) is 0 Å². The van der Waals surface area contributed by atoms with Crippen LogP contribution in [0.5, 0.6) is 5.88 Å². The molecule has 1 aromatic heterocycles. The molecule has 108 valence electrons. The first-order valence-corrected chi connectivity index (χ1v) is 6.98. The summed E-state index contributed by atoms with van der Waals surface area (Å²) in [6.45, 7) is 13.9. The Balaban J connectivity index is 2.72. The van der Waals surface area contributed by atoms with Crippen molar-refractivity contribution in [3.05, 3.63) is 11.4 Å². The van der Waals surface area contributed by atoms with Crippen LogP contribution in [0.25, 0.3) is 0 Å². The maximum absolute atomic E-state index is 5.90. The van der Waals surface area contributed by atoms with Crippen LogP contribution in [0.15, 0.2) is 0 Å². The molecule has 1 aromatic rings. The van der Waals surface area contributed by atoms with Gasteiger partial charge < -0.3 is 15.4 Å². The van der Waals surface area contributed by atoms with Crippen LogP contribution >= 0.6 is 0 Å². The second-order valence-electron chi connectivity index (χ2n) is 4.93. The second kappa shape index (κ2) is 7.28. The number of hydrogen-bond acceptors (Lipinski definition) is 5. The lowest BCUT2D eigenvalue weighted by Crippen LogP contribution is -2.28. The van der Waals surface area contributed by atoms with E-state index in [1.54, 1.807) is 0 Å². The molecule has 0 aromatic carbocycles. The Bertz CT molecular complexity index is 403. The van der Waals surface area contributed by atoms with Gasteiger partial charge >= 0.3 is 0 Å². The van der Waals surface area contributed by atoms with Gasteiger partial charge in [-0.05, 0) is 20.0 Å². The summed E-state index contributed by atoms with van der Waals surface area (Å²) < 4.78 is 5.77. The van der Waals surface area contributed by atoms with Crippen molar-refractivity contribution in [2.45, 2.75) is 40.5 Å². The molecule has 0 spiro atoms. The molecule has 0 fully saturated rings. The Kier molecular flexibility index (Phi) is 6.02. The highest BCUT2D eigenvalue weighted by Crippen LogP contribution is 2.22. The van der Waals surface area contributed by atoms with Crippen LogP contribution in [0.2, 0.25) is 0 Å². The highest BCUT2D eigenvalue weighted by atomic mass is 16.5. The third kappa shape index (κ3) is 4.35. The van der Waals surface area contributed by atoms with Gasteiger partial charge in [0.05, 0.1) is 5.56 Å². The van der Waals surface area contributed by atoms with Gasteiger partial charge in [0.1, 0.15) is 18.2 Å². The van der Waals surface area contributed by atoms with Crippen LogP contribution in [0.4, 0.5) is 5.82 Å². The van der Waals surface area contributed by atoms with Gasteiger partial charge in [-0.25, -0.2) is 4.98 Å². The molecule has 1 heterocycles. The zero-order chi connectivity index (χ0) is 14.4. The monoisotopic (exact) mass is 266 g/mol. The van der Waals surface area contributed by atoms with Gasteiger partial charge in [0.15, 0.2) is 0 Å². The molecular formula is C14H26N4O. The molecular weight excluding hydrogens is 240 g/mol. The Morgan fingerprint density at radius 2 is 1.84 bits per heavy atom. The van der Waals surface area contributed by atoms with E-state index in [-0.39, 0.29) is 5.92 Å². The summed E-state index contributed by atoms with van der Waals surface area (Å²) in [6.07, 6.45) is 0. The quantitative estimate of drug-likeness (QED) is 0.819. The van der Waals surface area contributed by atoms with E-state index in [1.807, 2.05) is 20.8 Å². The third-order valence-corrected chi connectivity index (χ3v) is 3.21. The first-order valence-electron chi connectivity index (χ1n) is 6.98. The van der Waals surface area contributed by atoms with Gasteiger partial charge in [0.25, 0.3) is 0 Å². The van der Waals surface area contributed by atoms with Crippen LogP contribution in [0.3, 0.4) is 0 Å². The Hall–Kier alpha value is -1.36. The number of hydrogen-bond donors (Lipinski definition) is 1. The van der Waals surface area contributed by atoms with Crippen molar-refractivity contribution < 1.29 is 4.74 Å². The molecule has 0 saturated carbocycles. The van der Waals surface area contributed by atoms with Crippen LogP contribution in [0, 0.1) is 6.92 Å². The maximum atomic E-state index is 5.90. The summed E-state index contributed by atoms with van der Waals surface area (Å²) in [5.74, 6) is 2.11. The van der Waals surface area contributed by atoms with Gasteiger partial charge in [-0.2, -0.15) is 4.98 Å². The highest BCUT2D eigenvalue weighted by Gasteiger charge is 2.12. The lowest BCUT2D eigenvalue weighted by molar-refractivity contribution is 0.216. The summed E-state index contributed by atoms with van der Waals surface area (Å²) in [4.78, 5) is 11.0. The van der Waals surface area contributed by atoms with Crippen molar-refractivity contribution >= 4 is 5.82 Å². The van der Waals surface area contributed by atoms with E-state index in [1.165, 1.54) is 0 Å². The second-order valence-corrected chi connectivity index (χ2v) is 4.93. The number of nitrogens with two attached hydrogens (primary N) is 1. The molecule has 0 unspecified atom stereocenters. The van der Waals surface area contributed by atoms with Crippen LogP contribution in [0.1, 0.15) is 45.0 Å². The summed E-state index contributed by atoms with van der Waals surface area (Å²) in [6, 6.07) is 0. The minimum atomic E-state index is 0.244. The molecule has 0 aliphatic heterocycles. The Morgan fingerprint density at radius 3 is 2.37 bits per heavy atom. The van der Waals surface area contributed by atoms with Crippen molar-refractivity contribution in [2.24, 2.45) is 0 Å². The van der Waals surface area contributed by atoms with E-state index in [0.29, 0.717) is 18.3 Å². The number of anilines is 1. The van der Waals surface area contributed by atoms with Gasteiger partial charge in [-0.15, -0.1) is 0 Å². The predicted molar refractivity (Wildman–Crippen MR) is 78.6 cm³/mol. The topological polar surface area (TPSA) is 64.3 Å². The van der Waals surface area contributed by atoms with Crippen molar-refractivity contribution in [3.63, 3.8) is 0 Å². The molecule has 0 aliphatic carbocycles. The molecule has 5 heteroatoms. The number of likely N-dealkylation sites (N-methyl/N-ethyl adjacent to an activating group) is 1. The fourth-order valence-corrected chi connectivity index (χ4v) is 1.74. The van der Waals surface area contributed by atoms with Gasteiger partial charge in [0.2, 0.25) is 5.88 Å². The van der Waals surface area contributed by atoms with Crippen LogP contribution in [-0.4, -0.2) is 41.1 Å². The summed E-state index contributed by atoms with van der Waals surface area (Å²) >= 11 is 0. The molecule has 0 saturated heterocycles. The summed E-state index contributed by atoms with van der Waals surface area (Å²) in [7, 11) is 0. The van der Waals surface area contributed by atoms with Crippen molar-refractivity contribution in [1.29, 1.82) is 0 Å². The number of nitrogen functional groups attached to an aromatic ring is 1. The average Bonchev–Trinajstić information content (AvgIpc) is 2.39. The predicted octanol–water partition coefficient (Wildman–Crippen LogP) is 2.21. The minimum absolute atomic E-state index is 0.244. The van der Waals surface area contributed by atoms with Crippen molar-refractivity contribution in [3.8, 4) is 5.88 Å². The summed E-state index contributed by atoms with van der Waals surface area (Å²) in [5.41, 5.74) is 6.72. The fraction of sp³-hybridized carbons (Fsp3) is 0.714. The van der Waals surface area contributed by atoms with E-state index in [4.69, 9.17) is 10.5 Å². The van der Waals surface area contributed by atoms with Gasteiger partial charge in [0, 0.05) is 12.5 Å². The number of nitrogens with zero attached hydrogens (tertiary/aromatic N) is 3. The van der Waals surface area contributed by atoms with E-state index < -0.39 is 0 Å². The largest absolute Gasteiger partial charge is 0.476 e. The van der Waals surface area contributed by atoms with Crippen molar-refractivity contribution in [1.82, 2.24) is 14.9 Å². The van der Waals surface area contributed by atoms with Gasteiger partial charge in [-0.1, -0.05) is 27.7 Å². The average molecular weight is 266 g/mol. The lowest BCUT2D eigenvalue weighted by Gasteiger charge is -2.18. The number of rotatable bonds is 7. The van der Waals surface area contributed by atoms with Crippen LogP contribution < -0.4 is 10.5 Å². The molecule has 0 bridgehead atoms. The minimum Gasteiger partial charge on any atom is -0.476 e. The standard InChI is InChI=1S/C14H26N4O/c1-6-18(7-2)8-9-19-14-11(5)12(15)16-13(17-14)10(3)4/h10H,6-9H2,1-5H3,(H2,15,16,17). The maximum Gasteiger partial charge on any atom is 0.221 e. The molecule has 0 radical (unpaired) electrons. The Labute approximate surface area is 116 Å². The molecule has 1 rings (SSSR count). The smallest absolute Gasteiger partial charge is 0.221 e. The fourth-order valence-electron chi connectivity index (χ4n) is 1.74. The molecule has 5 nitrogen and oxygen atoms in total. The first-order chi connectivity index (χ1) is 8.99. The Morgan fingerprint density at radius 1 is 1.21 bits per heavy atom.